The summed E-state index contributed by atoms with van der Waals surface area (Å²) in [4.78, 5) is 0. The van der Waals surface area contributed by atoms with Gasteiger partial charge in [-0.1, -0.05) is 16.8 Å². The van der Waals surface area contributed by atoms with Crippen LogP contribution in [0.2, 0.25) is 5.02 Å². The zero-order chi connectivity index (χ0) is 13.7. The van der Waals surface area contributed by atoms with Crippen molar-refractivity contribution in [3.63, 3.8) is 0 Å². The number of anilines is 1. The van der Waals surface area contributed by atoms with Crippen LogP contribution in [0.15, 0.2) is 28.9 Å². The molecule has 2 N–H and O–H groups in total. The fraction of sp³-hybridized carbons (Fsp3) is 0.333. The van der Waals surface area contributed by atoms with Crippen molar-refractivity contribution in [2.45, 2.75) is 19.5 Å². The second kappa shape index (κ2) is 6.88. The van der Waals surface area contributed by atoms with E-state index in [1.807, 2.05) is 24.4 Å². The van der Waals surface area contributed by atoms with Gasteiger partial charge in [-0.05, 0) is 40.5 Å². The average molecular weight is 346 g/mol. The van der Waals surface area contributed by atoms with Gasteiger partial charge in [0, 0.05) is 22.6 Å². The lowest BCUT2D eigenvalue weighted by Crippen LogP contribution is -2.01. The maximum Gasteiger partial charge on any atom is 0.102 e. The van der Waals surface area contributed by atoms with Gasteiger partial charge in [0.15, 0.2) is 0 Å². The molecule has 0 atom stereocenters. The van der Waals surface area contributed by atoms with Gasteiger partial charge in [0.25, 0.3) is 0 Å². The van der Waals surface area contributed by atoms with Gasteiger partial charge in [-0.25, -0.2) is 0 Å². The number of aliphatic hydroxyl groups excluding tert-OH is 1. The van der Waals surface area contributed by atoms with E-state index in [1.54, 1.807) is 4.68 Å². The maximum atomic E-state index is 8.75. The summed E-state index contributed by atoms with van der Waals surface area (Å²) in [7, 11) is 0. The molecule has 0 amide bonds. The van der Waals surface area contributed by atoms with Crippen LogP contribution in [0, 0.1) is 0 Å². The Bertz CT molecular complexity index is 546. The third kappa shape index (κ3) is 4.19. The van der Waals surface area contributed by atoms with Gasteiger partial charge in [0.2, 0.25) is 0 Å². The van der Waals surface area contributed by atoms with Crippen molar-refractivity contribution < 1.29 is 5.11 Å². The first-order chi connectivity index (χ1) is 9.19. The second-order valence-corrected chi connectivity index (χ2v) is 5.32. The van der Waals surface area contributed by atoms with Gasteiger partial charge in [-0.3, -0.25) is 4.68 Å². The minimum absolute atomic E-state index is 0.156. The normalized spacial score (nSPS) is 10.7. The largest absolute Gasteiger partial charge is 0.396 e. The lowest BCUT2D eigenvalue weighted by molar-refractivity contribution is 0.276. The van der Waals surface area contributed by atoms with Crippen molar-refractivity contribution in [2.75, 3.05) is 11.9 Å². The summed E-state index contributed by atoms with van der Waals surface area (Å²) < 4.78 is 2.67. The molecular formula is C12H14BrClN4O. The lowest BCUT2D eigenvalue weighted by atomic mass is 10.3. The molecule has 0 aliphatic rings. The summed E-state index contributed by atoms with van der Waals surface area (Å²) in [5.41, 5.74) is 1.75. The highest BCUT2D eigenvalue weighted by atomic mass is 79.9. The van der Waals surface area contributed by atoms with Gasteiger partial charge >= 0.3 is 0 Å². The first-order valence-electron chi connectivity index (χ1n) is 5.88. The molecule has 0 fully saturated rings. The van der Waals surface area contributed by atoms with E-state index >= 15 is 0 Å². The van der Waals surface area contributed by atoms with Gasteiger partial charge in [-0.2, -0.15) is 0 Å². The molecule has 5 nitrogen and oxygen atoms in total. The van der Waals surface area contributed by atoms with Crippen LogP contribution in [0.4, 0.5) is 5.69 Å². The number of halogens is 2. The highest BCUT2D eigenvalue weighted by molar-refractivity contribution is 9.10. The molecule has 1 heterocycles. The molecule has 0 bridgehead atoms. The van der Waals surface area contributed by atoms with Crippen LogP contribution in [0.3, 0.4) is 0 Å². The summed E-state index contributed by atoms with van der Waals surface area (Å²) >= 11 is 9.40. The molecule has 2 rings (SSSR count). The zero-order valence-corrected chi connectivity index (χ0v) is 12.5. The highest BCUT2D eigenvalue weighted by Crippen LogP contribution is 2.26. The number of aromatic nitrogens is 3. The molecule has 102 valence electrons. The molecule has 1 aromatic heterocycles. The van der Waals surface area contributed by atoms with Crippen LogP contribution < -0.4 is 5.32 Å². The number of hydrogen-bond acceptors (Lipinski definition) is 4. The molecule has 19 heavy (non-hydrogen) atoms. The first-order valence-corrected chi connectivity index (χ1v) is 7.05. The Kier molecular flexibility index (Phi) is 5.18. The van der Waals surface area contributed by atoms with Crippen molar-refractivity contribution >= 4 is 33.2 Å². The molecule has 0 saturated heterocycles. The number of benzene rings is 1. The first kappa shape index (κ1) is 14.3. The molecule has 0 unspecified atom stereocenters. The Morgan fingerprint density at radius 3 is 3.05 bits per heavy atom. The average Bonchev–Trinajstić information content (AvgIpc) is 2.85. The summed E-state index contributed by atoms with van der Waals surface area (Å²) in [6.45, 7) is 1.39. The highest BCUT2D eigenvalue weighted by Gasteiger charge is 2.03. The third-order valence-electron chi connectivity index (χ3n) is 2.52. The number of aliphatic hydroxyl groups is 1. The molecule has 1 aromatic carbocycles. The number of nitrogens with one attached hydrogen (secondary N) is 1. The smallest absolute Gasteiger partial charge is 0.102 e. The van der Waals surface area contributed by atoms with Crippen molar-refractivity contribution in [3.8, 4) is 0 Å². The third-order valence-corrected chi connectivity index (χ3v) is 3.45. The number of aryl methyl sites for hydroxylation is 1. The van der Waals surface area contributed by atoms with Gasteiger partial charge < -0.3 is 10.4 Å². The number of hydrogen-bond donors (Lipinski definition) is 2. The van der Waals surface area contributed by atoms with E-state index in [9.17, 15) is 0 Å². The van der Waals surface area contributed by atoms with E-state index in [4.69, 9.17) is 16.7 Å². The fourth-order valence-corrected chi connectivity index (χ4v) is 2.14. The molecule has 0 saturated carbocycles. The predicted octanol–water partition coefficient (Wildman–Crippen LogP) is 2.69. The van der Waals surface area contributed by atoms with E-state index in [-0.39, 0.29) is 6.61 Å². The summed E-state index contributed by atoms with van der Waals surface area (Å²) in [6, 6.07) is 5.56. The number of rotatable bonds is 6. The van der Waals surface area contributed by atoms with E-state index in [2.05, 4.69) is 31.6 Å². The van der Waals surface area contributed by atoms with Crippen LogP contribution in [0.5, 0.6) is 0 Å². The lowest BCUT2D eigenvalue weighted by Gasteiger charge is -2.06. The van der Waals surface area contributed by atoms with Crippen molar-refractivity contribution in [2.24, 2.45) is 0 Å². The maximum absolute atomic E-state index is 8.75. The summed E-state index contributed by atoms with van der Waals surface area (Å²) in [6.07, 6.45) is 2.54. The molecule has 0 aliphatic heterocycles. The van der Waals surface area contributed by atoms with Crippen LogP contribution in [0.25, 0.3) is 0 Å². The minimum Gasteiger partial charge on any atom is -0.396 e. The van der Waals surface area contributed by atoms with E-state index in [0.717, 1.165) is 15.9 Å². The quantitative estimate of drug-likeness (QED) is 0.845. The Balaban J connectivity index is 1.94. The SMILES string of the molecule is OCCCn1cc(CNc2cc(Cl)ccc2Br)nn1. The van der Waals surface area contributed by atoms with E-state index in [1.165, 1.54) is 0 Å². The monoisotopic (exact) mass is 344 g/mol. The molecule has 7 heteroatoms. The van der Waals surface area contributed by atoms with Crippen LogP contribution in [-0.4, -0.2) is 26.7 Å². The summed E-state index contributed by atoms with van der Waals surface area (Å²) in [5, 5.41) is 20.7. The van der Waals surface area contributed by atoms with Gasteiger partial charge in [-0.15, -0.1) is 5.10 Å². The molecular weight excluding hydrogens is 332 g/mol. The Labute approximate surface area is 124 Å². The standard InChI is InChI=1S/C12H14BrClN4O/c13-11-3-2-9(14)6-12(11)15-7-10-8-18(17-16-10)4-1-5-19/h2-3,6,8,15,19H,1,4-5,7H2. The molecule has 0 spiro atoms. The Hall–Kier alpha value is -1.11. The molecule has 0 radical (unpaired) electrons. The minimum atomic E-state index is 0.156. The zero-order valence-electron chi connectivity index (χ0n) is 10.2. The Morgan fingerprint density at radius 2 is 2.26 bits per heavy atom. The van der Waals surface area contributed by atoms with Crippen molar-refractivity contribution in [1.82, 2.24) is 15.0 Å². The number of nitrogens with zero attached hydrogens (tertiary/aromatic N) is 3. The van der Waals surface area contributed by atoms with Crippen LogP contribution >= 0.6 is 27.5 Å². The van der Waals surface area contributed by atoms with Gasteiger partial charge in [0.1, 0.15) is 5.69 Å². The molecule has 0 aliphatic carbocycles. The molecule has 2 aromatic rings. The predicted molar refractivity (Wildman–Crippen MR) is 78.2 cm³/mol. The van der Waals surface area contributed by atoms with Crippen molar-refractivity contribution in [3.05, 3.63) is 39.6 Å². The van der Waals surface area contributed by atoms with Crippen molar-refractivity contribution in [1.29, 1.82) is 0 Å². The Morgan fingerprint density at radius 1 is 1.42 bits per heavy atom. The van der Waals surface area contributed by atoms with Gasteiger partial charge in [0.05, 0.1) is 18.4 Å². The fourth-order valence-electron chi connectivity index (χ4n) is 1.58. The topological polar surface area (TPSA) is 63.0 Å². The van der Waals surface area contributed by atoms with Crippen LogP contribution in [0.1, 0.15) is 12.1 Å². The summed E-state index contributed by atoms with van der Waals surface area (Å²) in [5.74, 6) is 0. The van der Waals surface area contributed by atoms with E-state index in [0.29, 0.717) is 24.5 Å². The second-order valence-electron chi connectivity index (χ2n) is 4.03. The van der Waals surface area contributed by atoms with Crippen LogP contribution in [-0.2, 0) is 13.1 Å². The van der Waals surface area contributed by atoms with E-state index < -0.39 is 0 Å².